The maximum Gasteiger partial charge on any atom is 0.260 e. The van der Waals surface area contributed by atoms with Gasteiger partial charge in [-0.3, -0.25) is 4.79 Å². The average Bonchev–Trinajstić information content (AvgIpc) is 3.00. The van der Waals surface area contributed by atoms with Gasteiger partial charge in [0.05, 0.1) is 21.1 Å². The number of phenols is 1. The second kappa shape index (κ2) is 12.6. The van der Waals surface area contributed by atoms with E-state index in [0.29, 0.717) is 22.7 Å². The van der Waals surface area contributed by atoms with Gasteiger partial charge in [-0.25, -0.2) is 0 Å². The van der Waals surface area contributed by atoms with E-state index in [0.717, 1.165) is 35.1 Å². The maximum absolute atomic E-state index is 13.4. The van der Waals surface area contributed by atoms with Crippen molar-refractivity contribution in [1.29, 1.82) is 0 Å². The van der Waals surface area contributed by atoms with Crippen molar-refractivity contribution < 1.29 is 9.90 Å². The first kappa shape index (κ1) is 28.5. The molecule has 0 atom stereocenters. The van der Waals surface area contributed by atoms with Gasteiger partial charge in [-0.05, 0) is 58.9 Å². The fourth-order valence-electron chi connectivity index (χ4n) is 5.49. The molecule has 0 heterocycles. The highest BCUT2D eigenvalue weighted by Crippen LogP contribution is 2.46. The lowest BCUT2D eigenvalue weighted by atomic mass is 9.65. The van der Waals surface area contributed by atoms with Crippen molar-refractivity contribution in [2.75, 3.05) is 5.32 Å². The first-order valence-corrected chi connectivity index (χ1v) is 14.5. The molecule has 0 aromatic heterocycles. The van der Waals surface area contributed by atoms with Gasteiger partial charge < -0.3 is 10.4 Å². The Labute approximate surface area is 251 Å². The van der Waals surface area contributed by atoms with Crippen LogP contribution in [-0.2, 0) is 11.8 Å². The van der Waals surface area contributed by atoms with Crippen LogP contribution in [0.4, 0.5) is 5.69 Å². The molecule has 0 bridgehead atoms. The third-order valence-electron chi connectivity index (χ3n) is 7.51. The van der Waals surface area contributed by atoms with E-state index in [2.05, 4.69) is 48.6 Å². The number of benzene rings is 5. The van der Waals surface area contributed by atoms with Crippen molar-refractivity contribution in [2.24, 2.45) is 0 Å². The van der Waals surface area contributed by atoms with E-state index < -0.39 is 11.3 Å². The molecule has 2 N–H and O–H groups in total. The van der Waals surface area contributed by atoms with Crippen molar-refractivity contribution in [3.8, 4) is 5.75 Å². The Balaban J connectivity index is 1.60. The normalized spacial score (nSPS) is 11.3. The van der Waals surface area contributed by atoms with E-state index in [1.807, 2.05) is 72.8 Å². The summed E-state index contributed by atoms with van der Waals surface area (Å²) >= 11 is 13.3. The summed E-state index contributed by atoms with van der Waals surface area (Å²) in [4.78, 5) is 13.4. The molecule has 5 aromatic carbocycles. The van der Waals surface area contributed by atoms with Crippen LogP contribution in [0.1, 0.15) is 57.9 Å². The first-order chi connectivity index (χ1) is 20.0. The Kier molecular flexibility index (Phi) is 8.78. The lowest BCUT2D eigenvalue weighted by Crippen LogP contribution is -2.31. The molecule has 0 aliphatic carbocycles. The number of aromatic hydroxyl groups is 1. The second-order valence-corrected chi connectivity index (χ2v) is 10.8. The minimum absolute atomic E-state index is 0.0487. The molecule has 41 heavy (non-hydrogen) atoms. The zero-order valence-corrected chi connectivity index (χ0v) is 24.3. The Bertz CT molecular complexity index is 1540. The molecule has 3 nitrogen and oxygen atoms in total. The summed E-state index contributed by atoms with van der Waals surface area (Å²) in [5, 5.41) is 14.3. The van der Waals surface area contributed by atoms with Gasteiger partial charge in [-0.2, -0.15) is 0 Å². The number of rotatable bonds is 9. The molecule has 0 saturated heterocycles. The number of carbonyl (C=O) groups excluding carboxylic acids is 1. The quantitative estimate of drug-likeness (QED) is 0.171. The molecule has 0 aliphatic heterocycles. The smallest absolute Gasteiger partial charge is 0.260 e. The molecule has 0 unspecified atom stereocenters. The fourth-order valence-corrected chi connectivity index (χ4v) is 5.96. The van der Waals surface area contributed by atoms with Gasteiger partial charge in [0.15, 0.2) is 0 Å². The first-order valence-electron chi connectivity index (χ1n) is 13.7. The average molecular weight is 581 g/mol. The molecular weight excluding hydrogens is 549 g/mol. The summed E-state index contributed by atoms with van der Waals surface area (Å²) in [7, 11) is 0. The zero-order valence-electron chi connectivity index (χ0n) is 22.8. The van der Waals surface area contributed by atoms with E-state index in [1.165, 1.54) is 0 Å². The molecule has 0 saturated carbocycles. The predicted molar refractivity (Wildman–Crippen MR) is 169 cm³/mol. The van der Waals surface area contributed by atoms with Crippen LogP contribution in [-0.4, -0.2) is 11.0 Å². The van der Waals surface area contributed by atoms with Gasteiger partial charge >= 0.3 is 0 Å². The third-order valence-corrected chi connectivity index (χ3v) is 8.14. The zero-order chi connectivity index (χ0) is 28.8. The van der Waals surface area contributed by atoms with Gasteiger partial charge in [0.2, 0.25) is 0 Å². The number of hydrogen-bond donors (Lipinski definition) is 2. The van der Waals surface area contributed by atoms with Gasteiger partial charge in [-0.1, -0.05) is 140 Å². The molecule has 0 aliphatic rings. The summed E-state index contributed by atoms with van der Waals surface area (Å²) in [6, 6.07) is 40.1. The highest BCUT2D eigenvalue weighted by Gasteiger charge is 2.38. The molecular formula is C36H31Cl2NO2. The van der Waals surface area contributed by atoms with Crippen molar-refractivity contribution in [3.05, 3.63) is 165 Å². The highest BCUT2D eigenvalue weighted by atomic mass is 35.5. The Hall–Kier alpha value is -4.05. The molecule has 0 spiro atoms. The fraction of sp³-hybridized carbons (Fsp3) is 0.139. The van der Waals surface area contributed by atoms with Crippen molar-refractivity contribution in [1.82, 2.24) is 0 Å². The van der Waals surface area contributed by atoms with E-state index in [4.69, 9.17) is 23.2 Å². The summed E-state index contributed by atoms with van der Waals surface area (Å²) in [5.74, 6) is -0.603. The summed E-state index contributed by atoms with van der Waals surface area (Å²) in [6.45, 7) is 2.08. The van der Waals surface area contributed by atoms with E-state index in [9.17, 15) is 9.90 Å². The molecule has 5 heteroatoms. The second-order valence-electron chi connectivity index (χ2n) is 10.0. The number of unbranched alkanes of at least 4 members (excludes halogenated alkanes) is 1. The lowest BCUT2D eigenvalue weighted by molar-refractivity contribution is 0.102. The number of aryl methyl sites for hydroxylation is 1. The Morgan fingerprint density at radius 1 is 0.707 bits per heavy atom. The maximum atomic E-state index is 13.4. The van der Waals surface area contributed by atoms with Crippen LogP contribution in [0.2, 0.25) is 10.0 Å². The Morgan fingerprint density at radius 2 is 1.24 bits per heavy atom. The van der Waals surface area contributed by atoms with Crippen molar-refractivity contribution in [2.45, 2.75) is 31.6 Å². The molecule has 5 aromatic rings. The van der Waals surface area contributed by atoms with E-state index in [-0.39, 0.29) is 16.3 Å². The van der Waals surface area contributed by atoms with Crippen LogP contribution in [0.5, 0.6) is 5.75 Å². The predicted octanol–water partition coefficient (Wildman–Crippen LogP) is 9.68. The molecule has 0 radical (unpaired) electrons. The third kappa shape index (κ3) is 5.61. The summed E-state index contributed by atoms with van der Waals surface area (Å²) < 4.78 is 0. The molecule has 0 fully saturated rings. The number of hydrogen-bond acceptors (Lipinski definition) is 2. The number of nitrogens with one attached hydrogen (secondary N) is 1. The van der Waals surface area contributed by atoms with Gasteiger partial charge in [0, 0.05) is 0 Å². The minimum Gasteiger partial charge on any atom is -0.507 e. The van der Waals surface area contributed by atoms with Crippen molar-refractivity contribution in [3.63, 3.8) is 0 Å². The minimum atomic E-state index is -0.662. The number of anilines is 1. The van der Waals surface area contributed by atoms with Crippen molar-refractivity contribution >= 4 is 34.8 Å². The molecule has 1 amide bonds. The molecule has 206 valence electrons. The molecule has 5 rings (SSSR count). The summed E-state index contributed by atoms with van der Waals surface area (Å²) in [6.07, 6.45) is 2.54. The highest BCUT2D eigenvalue weighted by molar-refractivity contribution is 6.36. The van der Waals surface area contributed by atoms with Gasteiger partial charge in [0.1, 0.15) is 11.3 Å². The topological polar surface area (TPSA) is 49.3 Å². The lowest BCUT2D eigenvalue weighted by Gasteiger charge is -2.37. The summed E-state index contributed by atoms with van der Waals surface area (Å²) in [5.41, 5.74) is 4.73. The number of amides is 1. The van der Waals surface area contributed by atoms with Crippen LogP contribution in [0.25, 0.3) is 0 Å². The van der Waals surface area contributed by atoms with Crippen LogP contribution in [0, 0.1) is 0 Å². The monoisotopic (exact) mass is 579 g/mol. The van der Waals surface area contributed by atoms with E-state index in [1.54, 1.807) is 12.1 Å². The SMILES string of the molecule is CCCCc1ccc(Cl)c(C(=O)Nc2ccc(C(c3ccccc3)(c3ccccc3)c3ccccc3)cc2Cl)c1O. The van der Waals surface area contributed by atoms with Crippen LogP contribution in [0.15, 0.2) is 121 Å². The number of halogens is 2. The van der Waals surface area contributed by atoms with Crippen LogP contribution >= 0.6 is 23.2 Å². The van der Waals surface area contributed by atoms with E-state index >= 15 is 0 Å². The largest absolute Gasteiger partial charge is 0.507 e. The van der Waals surface area contributed by atoms with Gasteiger partial charge in [-0.15, -0.1) is 0 Å². The van der Waals surface area contributed by atoms with Crippen LogP contribution in [0.3, 0.4) is 0 Å². The number of phenolic OH excluding ortho intramolecular Hbond substituents is 1. The van der Waals surface area contributed by atoms with Gasteiger partial charge in [0.25, 0.3) is 5.91 Å². The van der Waals surface area contributed by atoms with Crippen LogP contribution < -0.4 is 5.32 Å². The number of carbonyl (C=O) groups is 1. The Morgan fingerprint density at radius 3 is 1.73 bits per heavy atom. The standard InChI is InChI=1S/C36H31Cl2NO2/c1-2-3-13-25-20-22-30(37)33(34(25)40)35(41)39-32-23-21-29(24-31(32)38)36(26-14-7-4-8-15-26,27-16-9-5-10-17-27)28-18-11-6-12-19-28/h4-12,14-24,40H,2-3,13H2,1H3,(H,39,41).